The standard InChI is InChI=1S/C15H21N3O2S/c1-4-13(15-9-16-10-17-15)12-7-6-11(3)14(8-12)18-21(19,20)5-2/h6-10,13,18H,4-5H2,1-3H3,(H,16,17). The van der Waals surface area contributed by atoms with Crippen molar-refractivity contribution in [3.8, 4) is 0 Å². The van der Waals surface area contributed by atoms with E-state index in [1.54, 1.807) is 13.3 Å². The summed E-state index contributed by atoms with van der Waals surface area (Å²) in [6, 6.07) is 5.90. The molecule has 0 amide bonds. The largest absolute Gasteiger partial charge is 0.348 e. The maximum absolute atomic E-state index is 11.8. The number of H-pyrrole nitrogens is 1. The summed E-state index contributed by atoms with van der Waals surface area (Å²) < 4.78 is 26.2. The Morgan fingerprint density at radius 3 is 2.67 bits per heavy atom. The highest BCUT2D eigenvalue weighted by molar-refractivity contribution is 7.92. The molecule has 1 heterocycles. The van der Waals surface area contributed by atoms with Crippen LogP contribution in [-0.2, 0) is 10.0 Å². The highest BCUT2D eigenvalue weighted by Crippen LogP contribution is 2.29. The van der Waals surface area contributed by atoms with Gasteiger partial charge in [0.1, 0.15) is 0 Å². The predicted octanol–water partition coefficient (Wildman–Crippen LogP) is 3.02. The molecule has 2 rings (SSSR count). The van der Waals surface area contributed by atoms with Gasteiger partial charge >= 0.3 is 0 Å². The van der Waals surface area contributed by atoms with Gasteiger partial charge in [0.2, 0.25) is 10.0 Å². The smallest absolute Gasteiger partial charge is 0.232 e. The first-order valence-corrected chi connectivity index (χ1v) is 8.71. The molecule has 1 aromatic carbocycles. The van der Waals surface area contributed by atoms with Gasteiger partial charge < -0.3 is 4.98 Å². The molecule has 2 aromatic rings. The Kier molecular flexibility index (Phi) is 4.67. The van der Waals surface area contributed by atoms with Crippen molar-refractivity contribution in [1.82, 2.24) is 9.97 Å². The molecule has 21 heavy (non-hydrogen) atoms. The molecule has 1 atom stereocenters. The fourth-order valence-corrected chi connectivity index (χ4v) is 3.00. The van der Waals surface area contributed by atoms with Gasteiger partial charge in [0, 0.05) is 17.8 Å². The minimum Gasteiger partial charge on any atom is -0.348 e. The van der Waals surface area contributed by atoms with Crippen LogP contribution in [0, 0.1) is 6.92 Å². The lowest BCUT2D eigenvalue weighted by molar-refractivity contribution is 0.602. The zero-order chi connectivity index (χ0) is 15.5. The molecular formula is C15H21N3O2S. The highest BCUT2D eigenvalue weighted by Gasteiger charge is 2.16. The second-order valence-electron chi connectivity index (χ2n) is 5.05. The van der Waals surface area contributed by atoms with Crippen molar-refractivity contribution in [2.75, 3.05) is 10.5 Å². The number of aromatic amines is 1. The number of nitrogens with zero attached hydrogens (tertiary/aromatic N) is 1. The van der Waals surface area contributed by atoms with Gasteiger partial charge in [0.05, 0.1) is 17.8 Å². The van der Waals surface area contributed by atoms with Gasteiger partial charge in [-0.15, -0.1) is 0 Å². The number of sulfonamides is 1. The number of hydrogen-bond acceptors (Lipinski definition) is 3. The van der Waals surface area contributed by atoms with E-state index in [2.05, 4.69) is 21.6 Å². The van der Waals surface area contributed by atoms with E-state index in [9.17, 15) is 8.42 Å². The quantitative estimate of drug-likeness (QED) is 0.861. The molecule has 0 aliphatic rings. The van der Waals surface area contributed by atoms with E-state index >= 15 is 0 Å². The van der Waals surface area contributed by atoms with Gasteiger partial charge in [-0.05, 0) is 37.5 Å². The molecule has 0 saturated heterocycles. The van der Waals surface area contributed by atoms with Crippen LogP contribution in [0.25, 0.3) is 0 Å². The molecule has 0 saturated carbocycles. The summed E-state index contributed by atoms with van der Waals surface area (Å²) in [5.41, 5.74) is 3.66. The van der Waals surface area contributed by atoms with Gasteiger partial charge in [-0.3, -0.25) is 4.72 Å². The molecule has 114 valence electrons. The lowest BCUT2D eigenvalue weighted by Gasteiger charge is -2.17. The van der Waals surface area contributed by atoms with Gasteiger partial charge in [0.25, 0.3) is 0 Å². The van der Waals surface area contributed by atoms with E-state index in [-0.39, 0.29) is 11.7 Å². The maximum Gasteiger partial charge on any atom is 0.232 e. The molecule has 0 aliphatic carbocycles. The minimum atomic E-state index is -3.27. The lowest BCUT2D eigenvalue weighted by atomic mass is 9.92. The second kappa shape index (κ2) is 6.30. The normalized spacial score (nSPS) is 13.1. The number of benzene rings is 1. The summed E-state index contributed by atoms with van der Waals surface area (Å²) in [5, 5.41) is 0. The predicted molar refractivity (Wildman–Crippen MR) is 85.0 cm³/mol. The Hall–Kier alpha value is -1.82. The molecule has 1 unspecified atom stereocenters. The zero-order valence-electron chi connectivity index (χ0n) is 12.6. The van der Waals surface area contributed by atoms with E-state index in [0.29, 0.717) is 5.69 Å². The van der Waals surface area contributed by atoms with Crippen molar-refractivity contribution in [2.45, 2.75) is 33.1 Å². The number of aromatic nitrogens is 2. The average Bonchev–Trinajstić information content (AvgIpc) is 2.97. The van der Waals surface area contributed by atoms with Crippen LogP contribution < -0.4 is 4.72 Å². The number of anilines is 1. The molecule has 0 radical (unpaired) electrons. The van der Waals surface area contributed by atoms with Gasteiger partial charge in [-0.2, -0.15) is 0 Å². The summed E-state index contributed by atoms with van der Waals surface area (Å²) in [5.74, 6) is 0.243. The van der Waals surface area contributed by atoms with Crippen LogP contribution in [0.1, 0.15) is 43.0 Å². The molecule has 0 fully saturated rings. The van der Waals surface area contributed by atoms with E-state index in [1.165, 1.54) is 0 Å². The van der Waals surface area contributed by atoms with Crippen LogP contribution >= 0.6 is 0 Å². The van der Waals surface area contributed by atoms with Crippen LogP contribution in [0.5, 0.6) is 0 Å². The van der Waals surface area contributed by atoms with Gasteiger partial charge in [-0.1, -0.05) is 19.1 Å². The van der Waals surface area contributed by atoms with E-state index in [1.807, 2.05) is 31.3 Å². The minimum absolute atomic E-state index is 0.0639. The van der Waals surface area contributed by atoms with E-state index in [4.69, 9.17) is 0 Å². The number of hydrogen-bond donors (Lipinski definition) is 2. The molecule has 0 spiro atoms. The fourth-order valence-electron chi connectivity index (χ4n) is 2.30. The SMILES string of the molecule is CCC(c1ccc(C)c(NS(=O)(=O)CC)c1)c1cnc[nH]1. The number of nitrogens with one attached hydrogen (secondary N) is 2. The number of aryl methyl sites for hydroxylation is 1. The van der Waals surface area contributed by atoms with Gasteiger partial charge in [-0.25, -0.2) is 13.4 Å². The third-order valence-corrected chi connectivity index (χ3v) is 4.90. The topological polar surface area (TPSA) is 74.8 Å². The van der Waals surface area contributed by atoms with Crippen LogP contribution in [-0.4, -0.2) is 24.1 Å². The summed E-state index contributed by atoms with van der Waals surface area (Å²) in [6.45, 7) is 5.62. The van der Waals surface area contributed by atoms with Crippen molar-refractivity contribution in [2.24, 2.45) is 0 Å². The second-order valence-corrected chi connectivity index (χ2v) is 7.06. The third-order valence-electron chi connectivity index (χ3n) is 3.61. The van der Waals surface area contributed by atoms with Crippen LogP contribution in [0.3, 0.4) is 0 Å². The number of imidazole rings is 1. The van der Waals surface area contributed by atoms with E-state index in [0.717, 1.165) is 23.2 Å². The average molecular weight is 307 g/mol. The number of rotatable bonds is 6. The van der Waals surface area contributed by atoms with Crippen LogP contribution in [0.4, 0.5) is 5.69 Å². The third kappa shape index (κ3) is 3.64. The van der Waals surface area contributed by atoms with Crippen LogP contribution in [0.15, 0.2) is 30.7 Å². The molecule has 6 heteroatoms. The highest BCUT2D eigenvalue weighted by atomic mass is 32.2. The summed E-state index contributed by atoms with van der Waals surface area (Å²) in [4.78, 5) is 7.19. The zero-order valence-corrected chi connectivity index (χ0v) is 13.4. The summed E-state index contributed by atoms with van der Waals surface area (Å²) in [6.07, 6.45) is 4.38. The molecule has 1 aromatic heterocycles. The Balaban J connectivity index is 2.38. The van der Waals surface area contributed by atoms with Crippen molar-refractivity contribution in [3.63, 3.8) is 0 Å². The summed E-state index contributed by atoms with van der Waals surface area (Å²) >= 11 is 0. The van der Waals surface area contributed by atoms with Crippen molar-refractivity contribution in [1.29, 1.82) is 0 Å². The molecule has 2 N–H and O–H groups in total. The van der Waals surface area contributed by atoms with Crippen molar-refractivity contribution < 1.29 is 8.42 Å². The Morgan fingerprint density at radius 1 is 1.33 bits per heavy atom. The lowest BCUT2D eigenvalue weighted by Crippen LogP contribution is -2.15. The fraction of sp³-hybridized carbons (Fsp3) is 0.400. The van der Waals surface area contributed by atoms with Crippen molar-refractivity contribution in [3.05, 3.63) is 47.5 Å². The van der Waals surface area contributed by atoms with Gasteiger partial charge in [0.15, 0.2) is 0 Å². The molecular weight excluding hydrogens is 286 g/mol. The molecule has 0 aliphatic heterocycles. The first kappa shape index (κ1) is 15.6. The molecule has 5 nitrogen and oxygen atoms in total. The first-order valence-electron chi connectivity index (χ1n) is 7.06. The maximum atomic E-state index is 11.8. The Labute approximate surface area is 125 Å². The monoisotopic (exact) mass is 307 g/mol. The molecule has 0 bridgehead atoms. The Bertz CT molecular complexity index is 694. The first-order chi connectivity index (χ1) is 9.96. The van der Waals surface area contributed by atoms with Crippen LogP contribution in [0.2, 0.25) is 0 Å². The Morgan fingerprint density at radius 2 is 2.10 bits per heavy atom. The van der Waals surface area contributed by atoms with Crippen molar-refractivity contribution >= 4 is 15.7 Å². The van der Waals surface area contributed by atoms with E-state index < -0.39 is 10.0 Å². The summed E-state index contributed by atoms with van der Waals surface area (Å²) in [7, 11) is -3.27.